The molecule has 0 aromatic heterocycles. The molecular weight excluding hydrogens is 396 g/mol. The van der Waals surface area contributed by atoms with Gasteiger partial charge in [-0.1, -0.05) is 20.3 Å². The molecular formula is C25H30O6. The van der Waals surface area contributed by atoms with Crippen LogP contribution in [0.25, 0.3) is 0 Å². The molecule has 2 rings (SSSR count). The molecule has 0 saturated carbocycles. The molecule has 0 saturated heterocycles. The first-order valence-corrected chi connectivity index (χ1v) is 10.4. The molecule has 0 radical (unpaired) electrons. The van der Waals surface area contributed by atoms with Gasteiger partial charge in [0.25, 0.3) is 0 Å². The Morgan fingerprint density at radius 1 is 1.00 bits per heavy atom. The van der Waals surface area contributed by atoms with Crippen molar-refractivity contribution >= 4 is 17.9 Å². The fourth-order valence-corrected chi connectivity index (χ4v) is 3.50. The van der Waals surface area contributed by atoms with E-state index in [2.05, 4.69) is 0 Å². The number of rotatable bonds is 12. The summed E-state index contributed by atoms with van der Waals surface area (Å²) in [7, 11) is 3.02. The Morgan fingerprint density at radius 2 is 1.71 bits per heavy atom. The van der Waals surface area contributed by atoms with Crippen molar-refractivity contribution in [2.24, 2.45) is 0 Å². The molecule has 2 aromatic carbocycles. The van der Waals surface area contributed by atoms with E-state index in [4.69, 9.17) is 14.2 Å². The van der Waals surface area contributed by atoms with Gasteiger partial charge in [-0.3, -0.25) is 14.4 Å². The second-order valence-electron chi connectivity index (χ2n) is 7.27. The van der Waals surface area contributed by atoms with Crippen LogP contribution in [0.3, 0.4) is 0 Å². The average molecular weight is 427 g/mol. The third-order valence-corrected chi connectivity index (χ3v) is 5.23. The van der Waals surface area contributed by atoms with Crippen LogP contribution in [0.4, 0.5) is 0 Å². The number of carbonyl (C=O) groups excluding carboxylic acids is 3. The summed E-state index contributed by atoms with van der Waals surface area (Å²) in [4.78, 5) is 37.5. The van der Waals surface area contributed by atoms with E-state index in [1.54, 1.807) is 30.3 Å². The molecule has 0 bridgehead atoms. The first kappa shape index (κ1) is 24.1. The molecule has 2 aromatic rings. The average Bonchev–Trinajstić information content (AvgIpc) is 2.78. The van der Waals surface area contributed by atoms with Crippen molar-refractivity contribution in [1.29, 1.82) is 0 Å². The first-order chi connectivity index (χ1) is 14.9. The Kier molecular flexibility index (Phi) is 8.79. The Bertz CT molecular complexity index is 947. The van der Waals surface area contributed by atoms with E-state index in [0.717, 1.165) is 12.8 Å². The minimum atomic E-state index is -0.498. The Balaban J connectivity index is 2.65. The van der Waals surface area contributed by atoms with Crippen molar-refractivity contribution in [1.82, 2.24) is 0 Å². The van der Waals surface area contributed by atoms with E-state index in [0.29, 0.717) is 58.8 Å². The molecule has 1 atom stereocenters. The van der Waals surface area contributed by atoms with Gasteiger partial charge in [-0.2, -0.15) is 0 Å². The number of hydrogen-bond acceptors (Lipinski definition) is 6. The minimum absolute atomic E-state index is 0.0691. The van der Waals surface area contributed by atoms with E-state index in [9.17, 15) is 14.4 Å². The van der Waals surface area contributed by atoms with Gasteiger partial charge in [0, 0.05) is 17.0 Å². The van der Waals surface area contributed by atoms with Crippen LogP contribution in [-0.2, 0) is 4.79 Å². The van der Waals surface area contributed by atoms with E-state index in [1.807, 2.05) is 13.8 Å². The van der Waals surface area contributed by atoms with E-state index in [1.165, 1.54) is 21.1 Å². The highest BCUT2D eigenvalue weighted by molar-refractivity contribution is 6.11. The molecule has 0 aliphatic carbocycles. The number of carbonyl (C=O) groups is 3. The van der Waals surface area contributed by atoms with Crippen molar-refractivity contribution < 1.29 is 28.6 Å². The number of hydrogen-bond donors (Lipinski definition) is 0. The minimum Gasteiger partial charge on any atom is -0.493 e. The van der Waals surface area contributed by atoms with Crippen LogP contribution in [0, 0.1) is 0 Å². The van der Waals surface area contributed by atoms with E-state index >= 15 is 0 Å². The Hall–Kier alpha value is -3.15. The number of Topliss-reactive ketones (excluding diaryl/α,β-unsaturated/α-hetero) is 1. The summed E-state index contributed by atoms with van der Waals surface area (Å²) in [6.07, 6.45) is 2.97. The van der Waals surface area contributed by atoms with Crippen molar-refractivity contribution in [3.63, 3.8) is 0 Å². The summed E-state index contributed by atoms with van der Waals surface area (Å²) >= 11 is 0. The summed E-state index contributed by atoms with van der Waals surface area (Å²) in [5, 5.41) is 0. The monoisotopic (exact) mass is 426 g/mol. The fraction of sp³-hybridized carbons (Fsp3) is 0.400. The van der Waals surface area contributed by atoms with Crippen LogP contribution < -0.4 is 14.2 Å². The molecule has 0 N–H and O–H groups in total. The highest BCUT2D eigenvalue weighted by atomic mass is 16.5. The lowest BCUT2D eigenvalue weighted by Crippen LogP contribution is -2.15. The number of ether oxygens (including phenoxy) is 3. The predicted molar refractivity (Wildman–Crippen MR) is 119 cm³/mol. The van der Waals surface area contributed by atoms with Gasteiger partial charge in [0.15, 0.2) is 23.6 Å². The molecule has 6 nitrogen and oxygen atoms in total. The highest BCUT2D eigenvalue weighted by Crippen LogP contribution is 2.34. The molecule has 6 heteroatoms. The maximum absolute atomic E-state index is 13.5. The molecule has 166 valence electrons. The van der Waals surface area contributed by atoms with Crippen LogP contribution in [0.15, 0.2) is 30.3 Å². The van der Waals surface area contributed by atoms with Crippen LogP contribution in [0.1, 0.15) is 77.8 Å². The second kappa shape index (κ2) is 11.3. The quantitative estimate of drug-likeness (QED) is 0.270. The van der Waals surface area contributed by atoms with Crippen molar-refractivity contribution in [2.75, 3.05) is 20.8 Å². The van der Waals surface area contributed by atoms with Gasteiger partial charge >= 0.3 is 0 Å². The zero-order chi connectivity index (χ0) is 23.0. The molecule has 0 heterocycles. The SMILES string of the molecule is CCCCOc1cc(C(=O)c2ccc(OC)c(OC)c2)c(C(CC)C(C)=O)cc1C=O. The number of benzene rings is 2. The molecule has 1 unspecified atom stereocenters. The van der Waals surface area contributed by atoms with Gasteiger partial charge in [0.05, 0.1) is 26.4 Å². The topological polar surface area (TPSA) is 78.9 Å². The Morgan fingerprint density at radius 3 is 2.26 bits per heavy atom. The molecule has 31 heavy (non-hydrogen) atoms. The van der Waals surface area contributed by atoms with Crippen LogP contribution in [-0.4, -0.2) is 38.7 Å². The van der Waals surface area contributed by atoms with Crippen molar-refractivity contribution in [2.45, 2.75) is 46.0 Å². The first-order valence-electron chi connectivity index (χ1n) is 10.4. The van der Waals surface area contributed by atoms with Crippen LogP contribution in [0.2, 0.25) is 0 Å². The number of unbranched alkanes of at least 4 members (excludes halogenated alkanes) is 1. The van der Waals surface area contributed by atoms with E-state index in [-0.39, 0.29) is 11.6 Å². The van der Waals surface area contributed by atoms with Gasteiger partial charge in [-0.25, -0.2) is 0 Å². The van der Waals surface area contributed by atoms with Crippen molar-refractivity contribution in [3.05, 3.63) is 52.6 Å². The zero-order valence-electron chi connectivity index (χ0n) is 18.8. The largest absolute Gasteiger partial charge is 0.493 e. The Labute approximate surface area is 183 Å². The zero-order valence-corrected chi connectivity index (χ0v) is 18.8. The molecule has 0 aliphatic rings. The summed E-state index contributed by atoms with van der Waals surface area (Å²) in [5.41, 5.74) is 1.58. The second-order valence-corrected chi connectivity index (χ2v) is 7.27. The normalized spacial score (nSPS) is 11.5. The highest BCUT2D eigenvalue weighted by Gasteiger charge is 2.25. The molecule has 0 amide bonds. The summed E-state index contributed by atoms with van der Waals surface area (Å²) < 4.78 is 16.4. The summed E-state index contributed by atoms with van der Waals surface area (Å²) in [6, 6.07) is 8.10. The third kappa shape index (κ3) is 5.51. The van der Waals surface area contributed by atoms with Crippen LogP contribution in [0.5, 0.6) is 17.2 Å². The van der Waals surface area contributed by atoms with E-state index < -0.39 is 5.92 Å². The van der Waals surface area contributed by atoms with Gasteiger partial charge in [-0.15, -0.1) is 0 Å². The number of ketones is 2. The molecule has 0 spiro atoms. The van der Waals surface area contributed by atoms with Crippen molar-refractivity contribution in [3.8, 4) is 17.2 Å². The maximum Gasteiger partial charge on any atom is 0.193 e. The standard InChI is InChI=1S/C25H30O6/c1-6-8-11-31-23-14-21(20(12-18(23)15-26)19(7-2)16(3)27)25(28)17-9-10-22(29-4)24(13-17)30-5/h9-10,12-15,19H,6-8,11H2,1-5H3. The number of methoxy groups -OCH3 is 2. The lowest BCUT2D eigenvalue weighted by atomic mass is 9.85. The molecule has 0 fully saturated rings. The van der Waals surface area contributed by atoms with Crippen LogP contribution >= 0.6 is 0 Å². The van der Waals surface area contributed by atoms with Gasteiger partial charge < -0.3 is 14.2 Å². The molecule has 0 aliphatic heterocycles. The lowest BCUT2D eigenvalue weighted by Gasteiger charge is -2.19. The fourth-order valence-electron chi connectivity index (χ4n) is 3.50. The van der Waals surface area contributed by atoms with Gasteiger partial charge in [0.2, 0.25) is 0 Å². The number of aldehydes is 1. The van der Waals surface area contributed by atoms with Gasteiger partial charge in [0.1, 0.15) is 11.5 Å². The smallest absolute Gasteiger partial charge is 0.193 e. The maximum atomic E-state index is 13.5. The lowest BCUT2D eigenvalue weighted by molar-refractivity contribution is -0.118. The third-order valence-electron chi connectivity index (χ3n) is 5.23. The predicted octanol–water partition coefficient (Wildman–Crippen LogP) is 5.01. The summed E-state index contributed by atoms with van der Waals surface area (Å²) in [5.74, 6) is 0.428. The van der Waals surface area contributed by atoms with Gasteiger partial charge in [-0.05, 0) is 55.7 Å². The summed E-state index contributed by atoms with van der Waals surface area (Å²) in [6.45, 7) is 5.84.